The summed E-state index contributed by atoms with van der Waals surface area (Å²) in [7, 11) is 0. The summed E-state index contributed by atoms with van der Waals surface area (Å²) >= 11 is 0. The van der Waals surface area contributed by atoms with Crippen LogP contribution in [0, 0.1) is 5.92 Å². The van der Waals surface area contributed by atoms with Crippen molar-refractivity contribution in [1.82, 2.24) is 14.7 Å². The summed E-state index contributed by atoms with van der Waals surface area (Å²) < 4.78 is 1.63. The molecule has 1 aliphatic heterocycles. The molecule has 1 amide bonds. The van der Waals surface area contributed by atoms with E-state index in [1.807, 2.05) is 11.0 Å². The summed E-state index contributed by atoms with van der Waals surface area (Å²) in [4.78, 5) is 25.1. The van der Waals surface area contributed by atoms with Crippen molar-refractivity contribution < 1.29 is 14.7 Å². The fourth-order valence-electron chi connectivity index (χ4n) is 3.02. The Morgan fingerprint density at radius 3 is 2.91 bits per heavy atom. The molecule has 0 saturated carbocycles. The van der Waals surface area contributed by atoms with Gasteiger partial charge >= 0.3 is 5.97 Å². The number of likely N-dealkylation sites (tertiary alicyclic amines) is 1. The van der Waals surface area contributed by atoms with E-state index in [2.05, 4.69) is 5.10 Å². The summed E-state index contributed by atoms with van der Waals surface area (Å²) in [6.07, 6.45) is 5.19. The van der Waals surface area contributed by atoms with Gasteiger partial charge < -0.3 is 10.0 Å². The fourth-order valence-corrected chi connectivity index (χ4v) is 3.02. The number of carboxylic acid groups (broad SMARTS) is 1. The van der Waals surface area contributed by atoms with Crippen LogP contribution < -0.4 is 0 Å². The number of aromatic carboxylic acids is 1. The van der Waals surface area contributed by atoms with Gasteiger partial charge in [-0.3, -0.25) is 9.48 Å². The van der Waals surface area contributed by atoms with E-state index in [0.717, 1.165) is 31.5 Å². The molecule has 2 aromatic rings. The molecule has 1 aliphatic rings. The summed E-state index contributed by atoms with van der Waals surface area (Å²) in [6, 6.07) is 8.83. The van der Waals surface area contributed by atoms with Crippen LogP contribution in [0.3, 0.4) is 0 Å². The number of amides is 1. The summed E-state index contributed by atoms with van der Waals surface area (Å²) in [6.45, 7) is 1.75. The molecule has 1 unspecified atom stereocenters. The number of nitrogens with zero attached hydrogens (tertiary/aromatic N) is 3. The number of carbonyl (C=O) groups is 2. The van der Waals surface area contributed by atoms with Crippen LogP contribution in [-0.2, 0) is 17.8 Å². The maximum absolute atomic E-state index is 12.2. The molecule has 1 fully saturated rings. The number of rotatable bonds is 5. The first-order valence-corrected chi connectivity index (χ1v) is 7.69. The molecule has 1 atom stereocenters. The van der Waals surface area contributed by atoms with Crippen LogP contribution in [0.5, 0.6) is 0 Å². The predicted molar refractivity (Wildman–Crippen MR) is 84.0 cm³/mol. The molecule has 6 heteroatoms. The number of hydrogen-bond acceptors (Lipinski definition) is 3. The first-order valence-electron chi connectivity index (χ1n) is 7.69. The van der Waals surface area contributed by atoms with Crippen molar-refractivity contribution in [2.45, 2.75) is 19.4 Å². The van der Waals surface area contributed by atoms with E-state index in [-0.39, 0.29) is 12.5 Å². The minimum atomic E-state index is -0.908. The van der Waals surface area contributed by atoms with Crippen molar-refractivity contribution in [2.24, 2.45) is 5.92 Å². The molecule has 0 aliphatic carbocycles. The second-order valence-corrected chi connectivity index (χ2v) is 5.91. The van der Waals surface area contributed by atoms with Gasteiger partial charge in [0.05, 0.1) is 5.56 Å². The molecule has 0 radical (unpaired) electrons. The van der Waals surface area contributed by atoms with E-state index in [9.17, 15) is 9.59 Å². The van der Waals surface area contributed by atoms with Gasteiger partial charge in [0, 0.05) is 25.5 Å². The van der Waals surface area contributed by atoms with Gasteiger partial charge in [-0.1, -0.05) is 12.1 Å². The second-order valence-electron chi connectivity index (χ2n) is 5.91. The predicted octanol–water partition coefficient (Wildman–Crippen LogP) is 1.67. The molecule has 120 valence electrons. The van der Waals surface area contributed by atoms with E-state index in [1.54, 1.807) is 41.3 Å². The monoisotopic (exact) mass is 313 g/mol. The number of benzene rings is 1. The molecule has 3 rings (SSSR count). The first kappa shape index (κ1) is 15.3. The number of aromatic nitrogens is 2. The van der Waals surface area contributed by atoms with Crippen LogP contribution in [0.25, 0.3) is 0 Å². The van der Waals surface area contributed by atoms with Crippen LogP contribution in [0.15, 0.2) is 42.7 Å². The van der Waals surface area contributed by atoms with Crippen LogP contribution in [-0.4, -0.2) is 44.8 Å². The van der Waals surface area contributed by atoms with Crippen molar-refractivity contribution in [3.05, 3.63) is 53.9 Å². The molecule has 1 aromatic heterocycles. The van der Waals surface area contributed by atoms with Gasteiger partial charge in [-0.2, -0.15) is 5.10 Å². The van der Waals surface area contributed by atoms with Crippen molar-refractivity contribution in [1.29, 1.82) is 0 Å². The van der Waals surface area contributed by atoms with Crippen LogP contribution in [0.4, 0.5) is 0 Å². The zero-order chi connectivity index (χ0) is 16.2. The fraction of sp³-hybridized carbons (Fsp3) is 0.353. The van der Waals surface area contributed by atoms with Gasteiger partial charge in [-0.25, -0.2) is 4.79 Å². The van der Waals surface area contributed by atoms with E-state index in [4.69, 9.17) is 5.11 Å². The molecular formula is C17H19N3O3. The van der Waals surface area contributed by atoms with Crippen molar-refractivity contribution in [3.8, 4) is 0 Å². The zero-order valence-electron chi connectivity index (χ0n) is 12.8. The van der Waals surface area contributed by atoms with Gasteiger partial charge in [0.15, 0.2) is 0 Å². The highest BCUT2D eigenvalue weighted by atomic mass is 16.4. The highest BCUT2D eigenvalue weighted by Gasteiger charge is 2.26. The molecular weight excluding hydrogens is 294 g/mol. The van der Waals surface area contributed by atoms with Gasteiger partial charge in [-0.15, -0.1) is 0 Å². The van der Waals surface area contributed by atoms with Crippen molar-refractivity contribution in [3.63, 3.8) is 0 Å². The van der Waals surface area contributed by atoms with Gasteiger partial charge in [0.2, 0.25) is 5.91 Å². The normalized spacial score (nSPS) is 17.4. The Bertz CT molecular complexity index is 697. The van der Waals surface area contributed by atoms with Crippen LogP contribution in [0.1, 0.15) is 22.3 Å². The van der Waals surface area contributed by atoms with E-state index in [0.29, 0.717) is 11.5 Å². The quantitative estimate of drug-likeness (QED) is 0.911. The second kappa shape index (κ2) is 6.64. The highest BCUT2D eigenvalue weighted by Crippen LogP contribution is 2.21. The highest BCUT2D eigenvalue weighted by molar-refractivity contribution is 5.87. The SMILES string of the molecule is O=C(O)c1cccc(CC2CCN(C(=O)Cn3cccn3)C2)c1. The lowest BCUT2D eigenvalue weighted by Gasteiger charge is -2.16. The third kappa shape index (κ3) is 3.77. The Morgan fingerprint density at radius 2 is 2.17 bits per heavy atom. The van der Waals surface area contributed by atoms with E-state index in [1.165, 1.54) is 0 Å². The first-order chi connectivity index (χ1) is 11.1. The lowest BCUT2D eigenvalue weighted by molar-refractivity contribution is -0.131. The zero-order valence-corrected chi connectivity index (χ0v) is 12.8. The lowest BCUT2D eigenvalue weighted by atomic mass is 9.97. The summed E-state index contributed by atoms with van der Waals surface area (Å²) in [5.74, 6) is -0.453. The number of carboxylic acids is 1. The van der Waals surface area contributed by atoms with E-state index >= 15 is 0 Å². The van der Waals surface area contributed by atoms with Crippen molar-refractivity contribution in [2.75, 3.05) is 13.1 Å². The van der Waals surface area contributed by atoms with E-state index < -0.39 is 5.97 Å². The van der Waals surface area contributed by atoms with Gasteiger partial charge in [-0.05, 0) is 42.5 Å². The van der Waals surface area contributed by atoms with Crippen LogP contribution >= 0.6 is 0 Å². The smallest absolute Gasteiger partial charge is 0.335 e. The standard InChI is InChI=1S/C17H19N3O3/c21-16(12-20-7-2-6-18-20)19-8-5-14(11-19)9-13-3-1-4-15(10-13)17(22)23/h1-4,6-7,10,14H,5,8-9,11-12H2,(H,22,23). The topological polar surface area (TPSA) is 75.4 Å². The van der Waals surface area contributed by atoms with Crippen LogP contribution in [0.2, 0.25) is 0 Å². The molecule has 23 heavy (non-hydrogen) atoms. The molecule has 1 aromatic carbocycles. The molecule has 1 saturated heterocycles. The number of carbonyl (C=O) groups excluding carboxylic acids is 1. The minimum absolute atomic E-state index is 0.0792. The summed E-state index contributed by atoms with van der Waals surface area (Å²) in [5, 5.41) is 13.1. The average molecular weight is 313 g/mol. The number of hydrogen-bond donors (Lipinski definition) is 1. The largest absolute Gasteiger partial charge is 0.478 e. The summed E-state index contributed by atoms with van der Waals surface area (Å²) in [5.41, 5.74) is 1.32. The Balaban J connectivity index is 1.56. The van der Waals surface area contributed by atoms with Gasteiger partial charge in [0.1, 0.15) is 6.54 Å². The lowest BCUT2D eigenvalue weighted by Crippen LogP contribution is -2.32. The van der Waals surface area contributed by atoms with Gasteiger partial charge in [0.25, 0.3) is 0 Å². The third-order valence-corrected chi connectivity index (χ3v) is 4.19. The third-order valence-electron chi connectivity index (χ3n) is 4.19. The minimum Gasteiger partial charge on any atom is -0.478 e. The molecule has 2 heterocycles. The Labute approximate surface area is 134 Å². The molecule has 1 N–H and O–H groups in total. The Morgan fingerprint density at radius 1 is 1.30 bits per heavy atom. The molecule has 0 spiro atoms. The maximum Gasteiger partial charge on any atom is 0.335 e. The molecule has 0 bridgehead atoms. The Kier molecular flexibility index (Phi) is 4.41. The average Bonchev–Trinajstić information content (AvgIpc) is 3.19. The van der Waals surface area contributed by atoms with Crippen molar-refractivity contribution >= 4 is 11.9 Å². The Hall–Kier alpha value is -2.63. The molecule has 6 nitrogen and oxygen atoms in total. The maximum atomic E-state index is 12.2.